The molecule has 0 aromatic carbocycles. The van der Waals surface area contributed by atoms with Crippen LogP contribution >= 0.6 is 24.0 Å². The molecule has 2 fully saturated rings. The lowest BCUT2D eigenvalue weighted by Crippen LogP contribution is -2.43. The highest BCUT2D eigenvalue weighted by Gasteiger charge is 2.33. The maximum atomic E-state index is 13.2. The molecule has 0 aliphatic carbocycles. The summed E-state index contributed by atoms with van der Waals surface area (Å²) >= 11 is 6.66. The summed E-state index contributed by atoms with van der Waals surface area (Å²) in [5.74, 6) is 1.70. The summed E-state index contributed by atoms with van der Waals surface area (Å²) in [6.07, 6.45) is 3.77. The number of hydrogen-bond donors (Lipinski definition) is 0. The van der Waals surface area contributed by atoms with Crippen molar-refractivity contribution in [3.63, 3.8) is 0 Å². The number of carbonyl (C=O) groups excluding carboxylic acids is 1. The molecule has 8 heteroatoms. The minimum absolute atomic E-state index is 0.116. The molecule has 0 spiro atoms. The van der Waals surface area contributed by atoms with Crippen LogP contribution in [0, 0.1) is 30.1 Å². The van der Waals surface area contributed by atoms with Crippen LogP contribution < -0.4 is 10.5 Å². The molecule has 2 saturated heterocycles. The monoisotopic (exact) mass is 458 g/mol. The van der Waals surface area contributed by atoms with Crippen molar-refractivity contribution in [1.29, 1.82) is 5.26 Å². The van der Waals surface area contributed by atoms with E-state index in [-0.39, 0.29) is 17.0 Å². The van der Waals surface area contributed by atoms with E-state index in [2.05, 4.69) is 24.8 Å². The van der Waals surface area contributed by atoms with E-state index in [9.17, 15) is 14.9 Å². The summed E-state index contributed by atoms with van der Waals surface area (Å²) in [7, 11) is 0. The molecule has 1 aromatic heterocycles. The van der Waals surface area contributed by atoms with Gasteiger partial charge in [0.25, 0.3) is 11.5 Å². The third-order valence-corrected chi connectivity index (χ3v) is 7.31. The third kappa shape index (κ3) is 4.44. The van der Waals surface area contributed by atoms with E-state index in [1.807, 2.05) is 26.8 Å². The minimum atomic E-state index is -0.249. The Hall–Kier alpha value is -2.11. The zero-order chi connectivity index (χ0) is 22.9. The molecular weight excluding hydrogens is 428 g/mol. The molecule has 166 valence electrons. The van der Waals surface area contributed by atoms with Crippen LogP contribution in [0.5, 0.6) is 0 Å². The third-order valence-electron chi connectivity index (χ3n) is 5.93. The number of amides is 1. The van der Waals surface area contributed by atoms with Crippen molar-refractivity contribution in [1.82, 2.24) is 9.47 Å². The van der Waals surface area contributed by atoms with Gasteiger partial charge >= 0.3 is 0 Å². The van der Waals surface area contributed by atoms with Gasteiger partial charge in [0.2, 0.25) is 0 Å². The van der Waals surface area contributed by atoms with Crippen LogP contribution in [0.3, 0.4) is 0 Å². The van der Waals surface area contributed by atoms with Crippen LogP contribution in [0.1, 0.15) is 57.2 Å². The van der Waals surface area contributed by atoms with E-state index in [1.54, 1.807) is 9.47 Å². The lowest BCUT2D eigenvalue weighted by molar-refractivity contribution is -0.121. The maximum absolute atomic E-state index is 13.2. The second-order valence-electron chi connectivity index (χ2n) is 8.58. The minimum Gasteiger partial charge on any atom is -0.357 e. The lowest BCUT2D eigenvalue weighted by Gasteiger charge is -2.39. The zero-order valence-corrected chi connectivity index (χ0v) is 20.5. The van der Waals surface area contributed by atoms with Crippen molar-refractivity contribution >= 4 is 46.1 Å². The van der Waals surface area contributed by atoms with Crippen LogP contribution in [0.2, 0.25) is 0 Å². The van der Waals surface area contributed by atoms with Gasteiger partial charge in [-0.05, 0) is 50.2 Å². The molecule has 3 rings (SSSR count). The number of nitrogens with zero attached hydrogens (tertiary/aromatic N) is 4. The van der Waals surface area contributed by atoms with E-state index in [0.717, 1.165) is 37.3 Å². The molecule has 0 bridgehead atoms. The quantitative estimate of drug-likeness (QED) is 0.488. The average Bonchev–Trinajstić information content (AvgIpc) is 2.97. The molecule has 1 amide bonds. The first-order valence-electron chi connectivity index (χ1n) is 10.9. The molecule has 2 atom stereocenters. The van der Waals surface area contributed by atoms with Crippen molar-refractivity contribution in [3.8, 4) is 6.07 Å². The normalized spacial score (nSPS) is 23.0. The highest BCUT2D eigenvalue weighted by molar-refractivity contribution is 8.26. The van der Waals surface area contributed by atoms with Gasteiger partial charge in [0.15, 0.2) is 0 Å². The number of hydrogen-bond acceptors (Lipinski definition) is 6. The second-order valence-corrected chi connectivity index (χ2v) is 10.3. The van der Waals surface area contributed by atoms with Crippen molar-refractivity contribution in [2.24, 2.45) is 11.8 Å². The number of carbonyl (C=O) groups is 1. The second kappa shape index (κ2) is 9.58. The Balaban J connectivity index is 2.28. The number of likely N-dealkylation sites (N-methyl/N-ethyl adjacent to an activating group) is 1. The molecular formula is C23H30N4O2S2. The van der Waals surface area contributed by atoms with E-state index in [4.69, 9.17) is 12.2 Å². The van der Waals surface area contributed by atoms with Crippen molar-refractivity contribution < 1.29 is 4.79 Å². The van der Waals surface area contributed by atoms with Crippen LogP contribution in [0.4, 0.5) is 5.82 Å². The predicted molar refractivity (Wildman–Crippen MR) is 131 cm³/mol. The Morgan fingerprint density at radius 3 is 2.39 bits per heavy atom. The van der Waals surface area contributed by atoms with Gasteiger partial charge in [-0.25, -0.2) is 0 Å². The Kier molecular flexibility index (Phi) is 7.28. The zero-order valence-electron chi connectivity index (χ0n) is 18.9. The number of thioether (sulfide) groups is 1. The molecule has 0 radical (unpaired) electrons. The summed E-state index contributed by atoms with van der Waals surface area (Å²) in [4.78, 5) is 30.5. The molecule has 31 heavy (non-hydrogen) atoms. The highest BCUT2D eigenvalue weighted by atomic mass is 32.2. The first-order chi connectivity index (χ1) is 14.7. The molecule has 2 aliphatic heterocycles. The maximum Gasteiger partial charge on any atom is 0.270 e. The number of aromatic nitrogens is 1. The summed E-state index contributed by atoms with van der Waals surface area (Å²) < 4.78 is 2.28. The SMILES string of the molecule is CCCn1c(N2CC(C)CC(C)C2)c(/C=C2\SC(=S)N(CC)C2=O)c(C)c(C#N)c1=O. The van der Waals surface area contributed by atoms with Crippen LogP contribution in [0.15, 0.2) is 9.70 Å². The molecule has 0 saturated carbocycles. The van der Waals surface area contributed by atoms with Gasteiger partial charge in [-0.2, -0.15) is 5.26 Å². The number of thiocarbonyl (C=S) groups is 1. The Morgan fingerprint density at radius 2 is 1.87 bits per heavy atom. The topological polar surface area (TPSA) is 69.3 Å². The van der Waals surface area contributed by atoms with Crippen molar-refractivity contribution in [2.75, 3.05) is 24.5 Å². The van der Waals surface area contributed by atoms with E-state index in [1.165, 1.54) is 11.8 Å². The molecule has 2 unspecified atom stereocenters. The van der Waals surface area contributed by atoms with Gasteiger partial charge in [0.1, 0.15) is 21.8 Å². The molecule has 0 N–H and O–H groups in total. The largest absolute Gasteiger partial charge is 0.357 e. The van der Waals surface area contributed by atoms with Crippen molar-refractivity contribution in [3.05, 3.63) is 31.9 Å². The average molecular weight is 459 g/mol. The number of piperidine rings is 1. The van der Waals surface area contributed by atoms with Crippen molar-refractivity contribution in [2.45, 2.75) is 54.0 Å². The molecule has 3 heterocycles. The fraction of sp³-hybridized carbons (Fsp3) is 0.565. The number of nitriles is 1. The fourth-order valence-electron chi connectivity index (χ4n) is 4.66. The Bertz CT molecular complexity index is 1030. The first kappa shape index (κ1) is 23.6. The summed E-state index contributed by atoms with van der Waals surface area (Å²) in [6.45, 7) is 12.9. The number of anilines is 1. The van der Waals surface area contributed by atoms with Crippen LogP contribution in [-0.4, -0.2) is 39.3 Å². The van der Waals surface area contributed by atoms with E-state index in [0.29, 0.717) is 39.7 Å². The van der Waals surface area contributed by atoms with Crippen LogP contribution in [-0.2, 0) is 11.3 Å². The highest BCUT2D eigenvalue weighted by Crippen LogP contribution is 2.37. The molecule has 1 aromatic rings. The summed E-state index contributed by atoms with van der Waals surface area (Å²) in [6, 6.07) is 2.11. The number of rotatable bonds is 5. The Morgan fingerprint density at radius 1 is 1.23 bits per heavy atom. The summed E-state index contributed by atoms with van der Waals surface area (Å²) in [5.41, 5.74) is 1.30. The number of pyridine rings is 1. The fourth-order valence-corrected chi connectivity index (χ4v) is 6.02. The van der Waals surface area contributed by atoms with E-state index < -0.39 is 0 Å². The van der Waals surface area contributed by atoms with Gasteiger partial charge in [0, 0.05) is 31.7 Å². The lowest BCUT2D eigenvalue weighted by atomic mass is 9.91. The molecule has 6 nitrogen and oxygen atoms in total. The van der Waals surface area contributed by atoms with Gasteiger partial charge in [-0.15, -0.1) is 0 Å². The smallest absolute Gasteiger partial charge is 0.270 e. The summed E-state index contributed by atoms with van der Waals surface area (Å²) in [5, 5.41) is 9.74. The predicted octanol–water partition coefficient (Wildman–Crippen LogP) is 4.14. The Labute approximate surface area is 193 Å². The van der Waals surface area contributed by atoms with Crippen LogP contribution in [0.25, 0.3) is 6.08 Å². The standard InChI is InChI=1S/C23H30N4O2S2/c1-6-8-27-20(25-12-14(3)9-15(4)13-25)17(16(5)18(11-24)21(27)28)10-19-22(29)26(7-2)23(30)31-19/h10,14-15H,6-9,12-13H2,1-5H3/b19-10-. The molecule has 2 aliphatic rings. The van der Waals surface area contributed by atoms with Gasteiger partial charge in [-0.3, -0.25) is 19.1 Å². The van der Waals surface area contributed by atoms with Gasteiger partial charge < -0.3 is 4.90 Å². The van der Waals surface area contributed by atoms with E-state index >= 15 is 0 Å². The van der Waals surface area contributed by atoms with Gasteiger partial charge in [-0.1, -0.05) is 44.8 Å². The van der Waals surface area contributed by atoms with Gasteiger partial charge in [0.05, 0.1) is 4.91 Å². The first-order valence-corrected chi connectivity index (χ1v) is 12.1.